The summed E-state index contributed by atoms with van der Waals surface area (Å²) in [5.41, 5.74) is 0.908. The summed E-state index contributed by atoms with van der Waals surface area (Å²) < 4.78 is 0.968. The lowest BCUT2D eigenvalue weighted by Crippen LogP contribution is -2.23. The van der Waals surface area contributed by atoms with E-state index < -0.39 is 5.97 Å². The van der Waals surface area contributed by atoms with Crippen LogP contribution in [0, 0.1) is 0 Å². The fourth-order valence-corrected chi connectivity index (χ4v) is 2.94. The van der Waals surface area contributed by atoms with E-state index in [4.69, 9.17) is 5.11 Å². The average Bonchev–Trinajstić information content (AvgIpc) is 2.88. The molecule has 2 aromatic rings. The van der Waals surface area contributed by atoms with Crippen molar-refractivity contribution >= 4 is 45.2 Å². The van der Waals surface area contributed by atoms with Crippen LogP contribution in [0.25, 0.3) is 6.08 Å². The van der Waals surface area contributed by atoms with E-state index in [0.717, 1.165) is 15.4 Å². The Labute approximate surface area is 133 Å². The van der Waals surface area contributed by atoms with Crippen molar-refractivity contribution in [1.29, 1.82) is 0 Å². The van der Waals surface area contributed by atoms with Crippen LogP contribution in [-0.2, 0) is 11.3 Å². The predicted molar refractivity (Wildman–Crippen MR) is 84.1 cm³/mol. The van der Waals surface area contributed by atoms with Gasteiger partial charge in [-0.1, -0.05) is 6.07 Å². The molecule has 2 aromatic heterocycles. The van der Waals surface area contributed by atoms with Crippen molar-refractivity contribution in [2.75, 3.05) is 0 Å². The molecule has 0 saturated carbocycles. The molecular formula is C14H11BrN2O3S. The second-order valence-electron chi connectivity index (χ2n) is 4.02. The second-order valence-corrected chi connectivity index (χ2v) is 5.88. The number of carboxylic acid groups (broad SMARTS) is 1. The van der Waals surface area contributed by atoms with Gasteiger partial charge in [0.1, 0.15) is 5.69 Å². The van der Waals surface area contributed by atoms with Gasteiger partial charge < -0.3 is 10.4 Å². The highest BCUT2D eigenvalue weighted by molar-refractivity contribution is 9.10. The van der Waals surface area contributed by atoms with Crippen molar-refractivity contribution < 1.29 is 14.7 Å². The summed E-state index contributed by atoms with van der Waals surface area (Å²) in [7, 11) is 0. The van der Waals surface area contributed by atoms with Crippen LogP contribution in [0.2, 0.25) is 0 Å². The Balaban J connectivity index is 1.97. The number of hydrogen-bond donors (Lipinski definition) is 2. The smallest absolute Gasteiger partial charge is 0.328 e. The molecule has 0 aromatic carbocycles. The highest BCUT2D eigenvalue weighted by atomic mass is 79.9. The Morgan fingerprint density at radius 1 is 1.38 bits per heavy atom. The number of hydrogen-bond acceptors (Lipinski definition) is 4. The van der Waals surface area contributed by atoms with E-state index in [9.17, 15) is 9.59 Å². The lowest BCUT2D eigenvalue weighted by atomic mass is 10.2. The molecule has 7 heteroatoms. The molecule has 0 aliphatic rings. The van der Waals surface area contributed by atoms with Crippen LogP contribution in [-0.4, -0.2) is 22.0 Å². The Morgan fingerprint density at radius 3 is 2.76 bits per heavy atom. The third kappa shape index (κ3) is 4.51. The number of thiophene rings is 1. The van der Waals surface area contributed by atoms with Crippen molar-refractivity contribution in [3.63, 3.8) is 0 Å². The molecule has 0 atom stereocenters. The number of nitrogens with zero attached hydrogens (tertiary/aromatic N) is 1. The van der Waals surface area contributed by atoms with Gasteiger partial charge in [-0.2, -0.15) is 0 Å². The number of nitrogens with one attached hydrogen (secondary N) is 1. The van der Waals surface area contributed by atoms with E-state index >= 15 is 0 Å². The third-order valence-corrected chi connectivity index (χ3v) is 4.46. The van der Waals surface area contributed by atoms with Crippen LogP contribution in [0.5, 0.6) is 0 Å². The van der Waals surface area contributed by atoms with Gasteiger partial charge in [-0.15, -0.1) is 11.3 Å². The Kier molecular flexibility index (Phi) is 5.24. The molecule has 2 rings (SSSR count). The minimum atomic E-state index is -1.03. The number of carboxylic acids is 1. The Hall–Kier alpha value is -1.99. The van der Waals surface area contributed by atoms with Gasteiger partial charge in [0.05, 0.1) is 6.54 Å². The predicted octanol–water partition coefficient (Wildman–Crippen LogP) is 2.93. The minimum Gasteiger partial charge on any atom is -0.478 e. The van der Waals surface area contributed by atoms with E-state index in [0.29, 0.717) is 12.1 Å². The molecule has 0 spiro atoms. The molecule has 0 radical (unpaired) electrons. The van der Waals surface area contributed by atoms with Crippen LogP contribution >= 0.6 is 27.3 Å². The molecule has 21 heavy (non-hydrogen) atoms. The summed E-state index contributed by atoms with van der Waals surface area (Å²) in [5, 5.41) is 13.2. The lowest BCUT2D eigenvalue weighted by Gasteiger charge is -2.04. The summed E-state index contributed by atoms with van der Waals surface area (Å²) in [6.45, 7) is 0.430. The summed E-state index contributed by atoms with van der Waals surface area (Å²) in [5.74, 6) is -1.30. The van der Waals surface area contributed by atoms with Crippen molar-refractivity contribution in [3.8, 4) is 0 Å². The number of aliphatic carboxylic acids is 1. The SMILES string of the molecule is O=C(O)/C=C/c1ccc(C(=O)NCc2sccc2Br)nc1. The molecule has 108 valence electrons. The molecule has 1 amide bonds. The van der Waals surface area contributed by atoms with Gasteiger partial charge in [0.15, 0.2) is 0 Å². The fraction of sp³-hybridized carbons (Fsp3) is 0.0714. The number of carbonyl (C=O) groups excluding carboxylic acids is 1. The zero-order valence-electron chi connectivity index (χ0n) is 10.7. The van der Waals surface area contributed by atoms with E-state index in [2.05, 4.69) is 26.2 Å². The van der Waals surface area contributed by atoms with Crippen LogP contribution in [0.1, 0.15) is 20.9 Å². The second kappa shape index (κ2) is 7.14. The number of aromatic nitrogens is 1. The summed E-state index contributed by atoms with van der Waals surface area (Å²) in [6.07, 6.45) is 3.89. The van der Waals surface area contributed by atoms with Crippen molar-refractivity contribution in [2.24, 2.45) is 0 Å². The standard InChI is InChI=1S/C14H11BrN2O3S/c15-10-5-6-21-12(10)8-17-14(20)11-3-1-9(7-16-11)2-4-13(18)19/h1-7H,8H2,(H,17,20)(H,18,19)/b4-2+. The van der Waals surface area contributed by atoms with Gasteiger partial charge in [0, 0.05) is 21.6 Å². The average molecular weight is 367 g/mol. The van der Waals surface area contributed by atoms with Gasteiger partial charge in [0.2, 0.25) is 0 Å². The van der Waals surface area contributed by atoms with Gasteiger partial charge >= 0.3 is 5.97 Å². The number of carbonyl (C=O) groups is 2. The van der Waals surface area contributed by atoms with Crippen molar-refractivity contribution in [3.05, 3.63) is 56.5 Å². The normalized spacial score (nSPS) is 10.7. The highest BCUT2D eigenvalue weighted by Gasteiger charge is 2.08. The van der Waals surface area contributed by atoms with Gasteiger partial charge in [0.25, 0.3) is 5.91 Å². The first-order valence-electron chi connectivity index (χ1n) is 5.93. The van der Waals surface area contributed by atoms with Crippen LogP contribution in [0.3, 0.4) is 0 Å². The molecular weight excluding hydrogens is 356 g/mol. The Bertz CT molecular complexity index is 680. The molecule has 0 aliphatic heterocycles. The van der Waals surface area contributed by atoms with Gasteiger partial charge in [-0.3, -0.25) is 9.78 Å². The first kappa shape index (κ1) is 15.4. The number of rotatable bonds is 5. The van der Waals surface area contributed by atoms with Crippen molar-refractivity contribution in [1.82, 2.24) is 10.3 Å². The maximum Gasteiger partial charge on any atom is 0.328 e. The minimum absolute atomic E-state index is 0.274. The van der Waals surface area contributed by atoms with E-state index in [1.807, 2.05) is 11.4 Å². The van der Waals surface area contributed by atoms with Crippen molar-refractivity contribution in [2.45, 2.75) is 6.54 Å². The largest absolute Gasteiger partial charge is 0.478 e. The van der Waals surface area contributed by atoms with Gasteiger partial charge in [-0.05, 0) is 45.1 Å². The molecule has 5 nitrogen and oxygen atoms in total. The van der Waals surface area contributed by atoms with E-state index in [1.54, 1.807) is 23.5 Å². The zero-order chi connectivity index (χ0) is 15.2. The molecule has 0 bridgehead atoms. The number of pyridine rings is 1. The summed E-state index contributed by atoms with van der Waals surface area (Å²) >= 11 is 4.95. The van der Waals surface area contributed by atoms with Crippen LogP contribution in [0.4, 0.5) is 0 Å². The first-order chi connectivity index (χ1) is 10.1. The highest BCUT2D eigenvalue weighted by Crippen LogP contribution is 2.22. The number of amides is 1. The van der Waals surface area contributed by atoms with E-state index in [1.165, 1.54) is 12.3 Å². The molecule has 2 heterocycles. The molecule has 0 saturated heterocycles. The number of halogens is 1. The van der Waals surface area contributed by atoms with Gasteiger partial charge in [-0.25, -0.2) is 4.79 Å². The Morgan fingerprint density at radius 2 is 2.19 bits per heavy atom. The van der Waals surface area contributed by atoms with E-state index in [-0.39, 0.29) is 11.6 Å². The lowest BCUT2D eigenvalue weighted by molar-refractivity contribution is -0.131. The maximum absolute atomic E-state index is 11.9. The monoisotopic (exact) mass is 366 g/mol. The molecule has 2 N–H and O–H groups in total. The van der Waals surface area contributed by atoms with Crippen LogP contribution < -0.4 is 5.32 Å². The molecule has 0 fully saturated rings. The summed E-state index contributed by atoms with van der Waals surface area (Å²) in [4.78, 5) is 27.4. The first-order valence-corrected chi connectivity index (χ1v) is 7.60. The zero-order valence-corrected chi connectivity index (χ0v) is 13.1. The topological polar surface area (TPSA) is 79.3 Å². The summed E-state index contributed by atoms with van der Waals surface area (Å²) in [6, 6.07) is 5.12. The molecule has 0 aliphatic carbocycles. The maximum atomic E-state index is 11.9. The molecule has 0 unspecified atom stereocenters. The van der Waals surface area contributed by atoms with Crippen LogP contribution in [0.15, 0.2) is 40.3 Å². The quantitative estimate of drug-likeness (QED) is 0.797. The fourth-order valence-electron chi connectivity index (χ4n) is 1.51. The third-order valence-electron chi connectivity index (χ3n) is 2.54.